The van der Waals surface area contributed by atoms with Gasteiger partial charge in [-0.3, -0.25) is 0 Å². The number of ether oxygens (including phenoxy) is 4. The Balaban J connectivity index is 0.00000176. The average molecular weight is 751 g/mol. The topological polar surface area (TPSA) is 36.9 Å². The molecule has 0 saturated carbocycles. The summed E-state index contributed by atoms with van der Waals surface area (Å²) in [5.74, 6) is 3.10. The molecule has 0 unspecified atom stereocenters. The van der Waals surface area contributed by atoms with Gasteiger partial charge in [-0.15, -0.1) is 69.1 Å². The molecule has 0 aliphatic carbocycles. The van der Waals surface area contributed by atoms with E-state index in [-0.39, 0.29) is 46.1 Å². The summed E-state index contributed by atoms with van der Waals surface area (Å²) in [6.45, 7) is 4.61. The van der Waals surface area contributed by atoms with Crippen LogP contribution in [0.1, 0.15) is 25.0 Å². The van der Waals surface area contributed by atoms with Gasteiger partial charge in [-0.2, -0.15) is 12.1 Å². The molecule has 0 aliphatic rings. The number of fused-ring (bicyclic) bond motifs is 2. The van der Waals surface area contributed by atoms with Crippen molar-refractivity contribution in [2.24, 2.45) is 0 Å². The average Bonchev–Trinajstić information content (AvgIpc) is 3.66. The molecule has 6 aromatic rings. The van der Waals surface area contributed by atoms with E-state index in [2.05, 4.69) is 98.8 Å². The molecule has 4 nitrogen and oxygen atoms in total. The van der Waals surface area contributed by atoms with E-state index in [0.717, 1.165) is 45.3 Å². The minimum atomic E-state index is -0.218. The Bertz CT molecular complexity index is 1690. The zero-order valence-corrected chi connectivity index (χ0v) is 30.5. The molecule has 6 rings (SSSR count). The Hall–Kier alpha value is -3.83. The molecule has 0 aliphatic heterocycles. The molecule has 0 bridgehead atoms. The predicted octanol–water partition coefficient (Wildman–Crippen LogP) is 10.0. The van der Waals surface area contributed by atoms with Gasteiger partial charge in [-0.25, -0.2) is 0 Å². The summed E-state index contributed by atoms with van der Waals surface area (Å²) >= 11 is 0. The monoisotopic (exact) mass is 752 g/mol. The standard InChI is InChI=1S/C37H34O4.2CH3.Hf/c1-37(2,27-13-23-9-7-11-33(35(23)19-27)25-15-29(38-3)21-30(16-25)39-4)28-14-24-10-8-12-34(36(24)20-28)26-17-31(40-5)22-32(18-26)41-6;;;/h7-22H,1-6H3;2*1H3;/q-2;2*-1;+4. The first-order valence-electron chi connectivity index (χ1n) is 13.7. The normalized spacial score (nSPS) is 10.9. The van der Waals surface area contributed by atoms with Crippen LogP contribution in [0, 0.1) is 14.9 Å². The zero-order chi connectivity index (χ0) is 28.7. The Morgan fingerprint density at radius 3 is 1.16 bits per heavy atom. The quantitative estimate of drug-likeness (QED) is 0.115. The molecule has 0 atom stereocenters. The van der Waals surface area contributed by atoms with E-state index in [0.29, 0.717) is 0 Å². The van der Waals surface area contributed by atoms with Crippen LogP contribution in [0.2, 0.25) is 0 Å². The van der Waals surface area contributed by atoms with Crippen LogP contribution in [0.5, 0.6) is 23.0 Å². The molecule has 0 heterocycles. The summed E-state index contributed by atoms with van der Waals surface area (Å²) in [6, 6.07) is 34.3. The van der Waals surface area contributed by atoms with Gasteiger partial charge in [0, 0.05) is 12.1 Å². The first kappa shape index (κ1) is 34.7. The molecule has 0 spiro atoms. The fourth-order valence-corrected chi connectivity index (χ4v) is 5.79. The fraction of sp³-hybridized carbons (Fsp3) is 0.179. The SMILES string of the molecule is COc1cc(OC)cc(-c2cccc3[cH-]c(C(C)(C)c4cc5c(-c6cc(OC)cc(OC)c6)cccc5[cH-]4)cc23)c1.[CH3-].[CH3-].[Hf+4]. The molecule has 0 amide bonds. The molecule has 0 fully saturated rings. The van der Waals surface area contributed by atoms with E-state index in [4.69, 9.17) is 18.9 Å². The van der Waals surface area contributed by atoms with Gasteiger partial charge in [-0.05, 0) is 40.8 Å². The minimum Gasteiger partial charge on any atom is -0.497 e. The van der Waals surface area contributed by atoms with E-state index in [1.165, 1.54) is 32.7 Å². The Kier molecular flexibility index (Phi) is 10.9. The van der Waals surface area contributed by atoms with Gasteiger partial charge in [0.2, 0.25) is 0 Å². The minimum absolute atomic E-state index is 0. The molecule has 224 valence electrons. The van der Waals surface area contributed by atoms with E-state index < -0.39 is 0 Å². The Morgan fingerprint density at radius 1 is 0.500 bits per heavy atom. The summed E-state index contributed by atoms with van der Waals surface area (Å²) in [6.07, 6.45) is 0. The van der Waals surface area contributed by atoms with Gasteiger partial charge >= 0.3 is 25.8 Å². The third-order valence-electron chi connectivity index (χ3n) is 8.27. The molecule has 6 aromatic carbocycles. The fourth-order valence-electron chi connectivity index (χ4n) is 5.79. The van der Waals surface area contributed by atoms with Crippen LogP contribution in [0.15, 0.2) is 97.1 Å². The van der Waals surface area contributed by atoms with Crippen LogP contribution in [0.4, 0.5) is 0 Å². The second-order valence-electron chi connectivity index (χ2n) is 10.9. The molecule has 44 heavy (non-hydrogen) atoms. The van der Waals surface area contributed by atoms with E-state index in [1.54, 1.807) is 28.4 Å². The summed E-state index contributed by atoms with van der Waals surface area (Å²) in [5, 5.41) is 4.86. The van der Waals surface area contributed by atoms with Gasteiger partial charge in [0.1, 0.15) is 23.0 Å². The summed E-state index contributed by atoms with van der Waals surface area (Å²) in [5.41, 5.74) is 6.78. The molecule has 0 aromatic heterocycles. The van der Waals surface area contributed by atoms with Crippen molar-refractivity contribution in [2.45, 2.75) is 19.3 Å². The summed E-state index contributed by atoms with van der Waals surface area (Å²) < 4.78 is 22.2. The molecule has 0 N–H and O–H groups in total. The van der Waals surface area contributed by atoms with Crippen LogP contribution in [0.3, 0.4) is 0 Å². The van der Waals surface area contributed by atoms with Crippen LogP contribution >= 0.6 is 0 Å². The van der Waals surface area contributed by atoms with Crippen molar-refractivity contribution in [3.63, 3.8) is 0 Å². The number of methoxy groups -OCH3 is 4. The maximum Gasteiger partial charge on any atom is 4.00 e. The number of hydrogen-bond acceptors (Lipinski definition) is 4. The zero-order valence-electron chi connectivity index (χ0n) is 26.9. The second-order valence-corrected chi connectivity index (χ2v) is 10.9. The van der Waals surface area contributed by atoms with E-state index in [1.807, 2.05) is 12.1 Å². The Morgan fingerprint density at radius 2 is 0.841 bits per heavy atom. The van der Waals surface area contributed by atoms with Gasteiger partial charge in [0.15, 0.2) is 0 Å². The van der Waals surface area contributed by atoms with Crippen molar-refractivity contribution in [3.8, 4) is 45.3 Å². The van der Waals surface area contributed by atoms with Gasteiger partial charge in [0.25, 0.3) is 0 Å². The number of benzene rings is 4. The second kappa shape index (κ2) is 13.9. The van der Waals surface area contributed by atoms with Crippen molar-refractivity contribution >= 4 is 21.5 Å². The summed E-state index contributed by atoms with van der Waals surface area (Å²) in [4.78, 5) is 0. The molecule has 0 saturated heterocycles. The first-order valence-corrected chi connectivity index (χ1v) is 13.7. The van der Waals surface area contributed by atoms with Crippen LogP contribution in [0.25, 0.3) is 43.8 Å². The van der Waals surface area contributed by atoms with Crippen molar-refractivity contribution < 1.29 is 44.8 Å². The number of hydrogen-bond donors (Lipinski definition) is 0. The largest absolute Gasteiger partial charge is 4.00 e. The van der Waals surface area contributed by atoms with Crippen molar-refractivity contribution in [1.29, 1.82) is 0 Å². The van der Waals surface area contributed by atoms with Gasteiger partial charge < -0.3 is 33.8 Å². The van der Waals surface area contributed by atoms with Crippen molar-refractivity contribution in [1.82, 2.24) is 0 Å². The maximum absolute atomic E-state index is 5.55. The van der Waals surface area contributed by atoms with Crippen molar-refractivity contribution in [3.05, 3.63) is 123 Å². The van der Waals surface area contributed by atoms with Crippen molar-refractivity contribution in [2.75, 3.05) is 28.4 Å². The van der Waals surface area contributed by atoms with Crippen LogP contribution in [-0.2, 0) is 31.3 Å². The van der Waals surface area contributed by atoms with Crippen LogP contribution < -0.4 is 18.9 Å². The number of rotatable bonds is 8. The third-order valence-corrected chi connectivity index (χ3v) is 8.27. The third kappa shape index (κ3) is 6.21. The van der Waals surface area contributed by atoms with Gasteiger partial charge in [0.05, 0.1) is 28.4 Å². The van der Waals surface area contributed by atoms with E-state index >= 15 is 0 Å². The smallest absolute Gasteiger partial charge is 0.497 e. The molecule has 0 radical (unpaired) electrons. The first-order chi connectivity index (χ1) is 19.8. The maximum atomic E-state index is 5.55. The molecule has 5 heteroatoms. The molecular weight excluding hydrogens is 711 g/mol. The molecular formula is C39H40HfO4. The Labute approximate surface area is 281 Å². The predicted molar refractivity (Wildman–Crippen MR) is 181 cm³/mol. The summed E-state index contributed by atoms with van der Waals surface area (Å²) in [7, 11) is 6.73. The van der Waals surface area contributed by atoms with Gasteiger partial charge in [-0.1, -0.05) is 37.1 Å². The van der Waals surface area contributed by atoms with Crippen LogP contribution in [-0.4, -0.2) is 28.4 Å². The van der Waals surface area contributed by atoms with E-state index in [9.17, 15) is 0 Å².